The van der Waals surface area contributed by atoms with Crippen molar-refractivity contribution in [2.75, 3.05) is 19.6 Å². The van der Waals surface area contributed by atoms with Crippen molar-refractivity contribution in [2.45, 2.75) is 38.1 Å². The summed E-state index contributed by atoms with van der Waals surface area (Å²) in [5.74, 6) is 1.57. The topological polar surface area (TPSA) is 50.2 Å². The smallest absolute Gasteiger partial charge is 0.226 e. The standard InChI is InChI=1S/C15H24N4O.ClH/c1-18-9-8-17-14(18)13-11-16-7-10-19(13)15(20)12-5-3-2-4-6-12;/h8-9,12-13,16H,2-7,10-11H2,1H3;1H. The Labute approximate surface area is 132 Å². The summed E-state index contributed by atoms with van der Waals surface area (Å²) in [7, 11) is 2.00. The van der Waals surface area contributed by atoms with Gasteiger partial charge in [-0.05, 0) is 12.8 Å². The highest BCUT2D eigenvalue weighted by molar-refractivity contribution is 5.85. The molecule has 21 heavy (non-hydrogen) atoms. The predicted octanol–water partition coefficient (Wildman–Crippen LogP) is 1.90. The van der Waals surface area contributed by atoms with Crippen LogP contribution in [-0.4, -0.2) is 40.0 Å². The molecule has 1 amide bonds. The van der Waals surface area contributed by atoms with Crippen molar-refractivity contribution in [3.63, 3.8) is 0 Å². The third kappa shape index (κ3) is 3.40. The lowest BCUT2D eigenvalue weighted by Gasteiger charge is -2.38. The predicted molar refractivity (Wildman–Crippen MR) is 84.4 cm³/mol. The van der Waals surface area contributed by atoms with Crippen molar-refractivity contribution >= 4 is 18.3 Å². The molecule has 2 heterocycles. The third-order valence-electron chi connectivity index (χ3n) is 4.64. The molecule has 3 rings (SSSR count). The number of hydrogen-bond acceptors (Lipinski definition) is 3. The van der Waals surface area contributed by atoms with Gasteiger partial charge in [-0.25, -0.2) is 4.98 Å². The van der Waals surface area contributed by atoms with Crippen LogP contribution in [0.1, 0.15) is 44.0 Å². The van der Waals surface area contributed by atoms with Crippen LogP contribution in [0.3, 0.4) is 0 Å². The van der Waals surface area contributed by atoms with Crippen LogP contribution in [0.25, 0.3) is 0 Å². The summed E-state index contributed by atoms with van der Waals surface area (Å²) in [6.45, 7) is 2.50. The SMILES string of the molecule is Cl.Cn1ccnc1C1CNCCN1C(=O)C1CCCCC1. The molecule has 1 aromatic heterocycles. The van der Waals surface area contributed by atoms with E-state index in [9.17, 15) is 4.79 Å². The number of aromatic nitrogens is 2. The Balaban J connectivity index is 0.00000161. The Morgan fingerprint density at radius 3 is 2.76 bits per heavy atom. The number of amides is 1. The van der Waals surface area contributed by atoms with Crippen LogP contribution in [0.2, 0.25) is 0 Å². The first-order chi connectivity index (χ1) is 9.77. The highest BCUT2D eigenvalue weighted by Crippen LogP contribution is 2.29. The number of carbonyl (C=O) groups excluding carboxylic acids is 1. The van der Waals surface area contributed by atoms with E-state index in [0.29, 0.717) is 5.91 Å². The Hall–Kier alpha value is -1.07. The number of hydrogen-bond donors (Lipinski definition) is 1. The van der Waals surface area contributed by atoms with E-state index in [1.165, 1.54) is 19.3 Å². The van der Waals surface area contributed by atoms with Gasteiger partial charge in [0.1, 0.15) is 11.9 Å². The number of nitrogens with zero attached hydrogens (tertiary/aromatic N) is 3. The maximum Gasteiger partial charge on any atom is 0.226 e. The summed E-state index contributed by atoms with van der Waals surface area (Å²) in [6.07, 6.45) is 9.59. The third-order valence-corrected chi connectivity index (χ3v) is 4.64. The molecule has 1 atom stereocenters. The molecule has 2 fully saturated rings. The molecule has 1 aromatic rings. The molecule has 5 nitrogen and oxygen atoms in total. The summed E-state index contributed by atoms with van der Waals surface area (Å²) >= 11 is 0. The Kier molecular flexibility index (Phi) is 5.65. The van der Waals surface area contributed by atoms with Crippen LogP contribution >= 0.6 is 12.4 Å². The number of rotatable bonds is 2. The van der Waals surface area contributed by atoms with Gasteiger partial charge in [0.25, 0.3) is 0 Å². The fourth-order valence-corrected chi connectivity index (χ4v) is 3.48. The maximum absolute atomic E-state index is 12.8. The zero-order valence-corrected chi connectivity index (χ0v) is 13.4. The molecule has 1 aliphatic heterocycles. The number of aryl methyl sites for hydroxylation is 1. The minimum Gasteiger partial charge on any atom is -0.336 e. The lowest BCUT2D eigenvalue weighted by atomic mass is 9.87. The van der Waals surface area contributed by atoms with Crippen molar-refractivity contribution in [3.05, 3.63) is 18.2 Å². The van der Waals surface area contributed by atoms with Crippen LogP contribution in [0.15, 0.2) is 12.4 Å². The summed E-state index contributed by atoms with van der Waals surface area (Å²) in [5, 5.41) is 3.39. The van der Waals surface area contributed by atoms with Crippen molar-refractivity contribution in [3.8, 4) is 0 Å². The van der Waals surface area contributed by atoms with Gasteiger partial charge in [0, 0.05) is 45.0 Å². The second-order valence-corrected chi connectivity index (χ2v) is 5.98. The van der Waals surface area contributed by atoms with Crippen LogP contribution in [0.4, 0.5) is 0 Å². The van der Waals surface area contributed by atoms with Gasteiger partial charge in [-0.3, -0.25) is 4.79 Å². The second-order valence-electron chi connectivity index (χ2n) is 5.98. The second kappa shape index (κ2) is 7.27. The van der Waals surface area contributed by atoms with Crippen molar-refractivity contribution in [1.29, 1.82) is 0 Å². The van der Waals surface area contributed by atoms with Gasteiger partial charge < -0.3 is 14.8 Å². The molecule has 2 aliphatic rings. The minimum absolute atomic E-state index is 0. The first-order valence-corrected chi connectivity index (χ1v) is 7.76. The van der Waals surface area contributed by atoms with E-state index >= 15 is 0 Å². The molecule has 118 valence electrons. The first kappa shape index (κ1) is 16.3. The summed E-state index contributed by atoms with van der Waals surface area (Å²) in [4.78, 5) is 19.3. The molecule has 0 aromatic carbocycles. The number of imidazole rings is 1. The fraction of sp³-hybridized carbons (Fsp3) is 0.733. The summed E-state index contributed by atoms with van der Waals surface area (Å²) in [5.41, 5.74) is 0. The van der Waals surface area contributed by atoms with Gasteiger partial charge in [-0.1, -0.05) is 19.3 Å². The van der Waals surface area contributed by atoms with Crippen LogP contribution in [0, 0.1) is 5.92 Å². The quantitative estimate of drug-likeness (QED) is 0.907. The van der Waals surface area contributed by atoms with Gasteiger partial charge >= 0.3 is 0 Å². The van der Waals surface area contributed by atoms with Crippen molar-refractivity contribution in [1.82, 2.24) is 19.8 Å². The lowest BCUT2D eigenvalue weighted by molar-refractivity contribution is -0.140. The van der Waals surface area contributed by atoms with Gasteiger partial charge in [-0.15, -0.1) is 12.4 Å². The first-order valence-electron chi connectivity index (χ1n) is 7.76. The van der Waals surface area contributed by atoms with Crippen LogP contribution < -0.4 is 5.32 Å². The molecule has 1 unspecified atom stereocenters. The van der Waals surface area contributed by atoms with Crippen molar-refractivity contribution in [2.24, 2.45) is 13.0 Å². The van der Waals surface area contributed by atoms with E-state index in [1.54, 1.807) is 0 Å². The van der Waals surface area contributed by atoms with E-state index in [2.05, 4.69) is 15.2 Å². The Morgan fingerprint density at radius 2 is 2.10 bits per heavy atom. The van der Waals surface area contributed by atoms with Crippen LogP contribution in [0.5, 0.6) is 0 Å². The molecule has 6 heteroatoms. The van der Waals surface area contributed by atoms with E-state index in [0.717, 1.165) is 38.3 Å². The molecule has 0 spiro atoms. The molecular formula is C15H25ClN4O. The number of halogens is 1. The molecule has 1 N–H and O–H groups in total. The van der Waals surface area contributed by atoms with Crippen LogP contribution in [-0.2, 0) is 11.8 Å². The van der Waals surface area contributed by atoms with E-state index < -0.39 is 0 Å². The average Bonchev–Trinajstić information content (AvgIpc) is 2.93. The highest BCUT2D eigenvalue weighted by Gasteiger charge is 2.34. The monoisotopic (exact) mass is 312 g/mol. The van der Waals surface area contributed by atoms with Gasteiger partial charge in [0.2, 0.25) is 5.91 Å². The Morgan fingerprint density at radius 1 is 1.33 bits per heavy atom. The molecule has 1 saturated heterocycles. The largest absolute Gasteiger partial charge is 0.336 e. The molecule has 0 bridgehead atoms. The Bertz CT molecular complexity index is 470. The fourth-order valence-electron chi connectivity index (χ4n) is 3.48. The van der Waals surface area contributed by atoms with Gasteiger partial charge in [0.05, 0.1) is 0 Å². The maximum atomic E-state index is 12.8. The molecular weight excluding hydrogens is 288 g/mol. The van der Waals surface area contributed by atoms with Gasteiger partial charge in [0.15, 0.2) is 0 Å². The number of carbonyl (C=O) groups is 1. The zero-order valence-electron chi connectivity index (χ0n) is 12.6. The molecule has 0 radical (unpaired) electrons. The van der Waals surface area contributed by atoms with E-state index in [1.807, 2.05) is 24.0 Å². The van der Waals surface area contributed by atoms with Crippen molar-refractivity contribution < 1.29 is 4.79 Å². The van der Waals surface area contributed by atoms with E-state index in [-0.39, 0.29) is 24.4 Å². The summed E-state index contributed by atoms with van der Waals surface area (Å²) < 4.78 is 2.03. The minimum atomic E-state index is 0. The average molecular weight is 313 g/mol. The highest BCUT2D eigenvalue weighted by atomic mass is 35.5. The van der Waals surface area contributed by atoms with E-state index in [4.69, 9.17) is 0 Å². The summed E-state index contributed by atoms with van der Waals surface area (Å²) in [6, 6.07) is 0.0816. The van der Waals surface area contributed by atoms with Gasteiger partial charge in [-0.2, -0.15) is 0 Å². The zero-order chi connectivity index (χ0) is 13.9. The number of piperazine rings is 1. The number of nitrogens with one attached hydrogen (secondary N) is 1. The lowest BCUT2D eigenvalue weighted by Crippen LogP contribution is -2.51. The normalized spacial score (nSPS) is 23.7. The molecule has 1 aliphatic carbocycles. The molecule has 1 saturated carbocycles.